The Morgan fingerprint density at radius 2 is 2.08 bits per heavy atom. The molecule has 2 aromatic heterocycles. The van der Waals surface area contributed by atoms with E-state index in [-0.39, 0.29) is 12.1 Å². The molecule has 3 atom stereocenters. The minimum absolute atomic E-state index is 0.193. The maximum atomic E-state index is 14.3. The SMILES string of the molecule is CC1[C@@H](C(=O)O)[C@@H](c2ccc(F)cc2F)CN1c1ccc2nncn2n1. The van der Waals surface area contributed by atoms with Crippen molar-refractivity contribution in [3.63, 3.8) is 0 Å². The molecule has 4 rings (SSSR count). The van der Waals surface area contributed by atoms with Gasteiger partial charge in [-0.05, 0) is 30.7 Å². The molecule has 1 fully saturated rings. The molecule has 0 amide bonds. The van der Waals surface area contributed by atoms with Crippen LogP contribution in [0.3, 0.4) is 0 Å². The van der Waals surface area contributed by atoms with Crippen molar-refractivity contribution in [1.29, 1.82) is 0 Å². The quantitative estimate of drug-likeness (QED) is 0.771. The number of carboxylic acids is 1. The molecule has 0 saturated carbocycles. The van der Waals surface area contributed by atoms with Crippen LogP contribution in [0.4, 0.5) is 14.6 Å². The molecule has 1 aliphatic rings. The van der Waals surface area contributed by atoms with E-state index < -0.39 is 35.5 Å². The number of carboxylic acid groups (broad SMARTS) is 1. The number of carbonyl (C=O) groups is 1. The molecular weight excluding hydrogens is 344 g/mol. The van der Waals surface area contributed by atoms with Gasteiger partial charge in [0.1, 0.15) is 23.8 Å². The molecule has 0 spiro atoms. The van der Waals surface area contributed by atoms with Crippen molar-refractivity contribution in [2.75, 3.05) is 11.4 Å². The first-order chi connectivity index (χ1) is 12.5. The molecule has 3 heterocycles. The van der Waals surface area contributed by atoms with Crippen molar-refractivity contribution in [3.05, 3.63) is 53.9 Å². The average molecular weight is 359 g/mol. The van der Waals surface area contributed by atoms with E-state index in [1.54, 1.807) is 19.1 Å². The highest BCUT2D eigenvalue weighted by atomic mass is 19.1. The second-order valence-corrected chi connectivity index (χ2v) is 6.35. The van der Waals surface area contributed by atoms with Crippen LogP contribution in [-0.2, 0) is 4.79 Å². The first-order valence-electron chi connectivity index (χ1n) is 8.07. The number of aliphatic carboxylic acids is 1. The predicted molar refractivity (Wildman–Crippen MR) is 87.8 cm³/mol. The van der Waals surface area contributed by atoms with Crippen molar-refractivity contribution in [2.45, 2.75) is 18.9 Å². The van der Waals surface area contributed by atoms with E-state index >= 15 is 0 Å². The number of halogens is 2. The smallest absolute Gasteiger partial charge is 0.309 e. The number of anilines is 1. The van der Waals surface area contributed by atoms with Gasteiger partial charge in [-0.25, -0.2) is 8.78 Å². The zero-order valence-electron chi connectivity index (χ0n) is 13.8. The standard InChI is InChI=1S/C17H15F2N5O2/c1-9-16(17(25)26)12(11-3-2-10(18)6-13(11)19)7-23(9)15-5-4-14-21-20-8-24(14)22-15/h2-6,8-9,12,16H,7H2,1H3,(H,25,26)/t9?,12-,16-/m1/s1. The Morgan fingerprint density at radius 1 is 1.27 bits per heavy atom. The summed E-state index contributed by atoms with van der Waals surface area (Å²) >= 11 is 0. The Balaban J connectivity index is 1.74. The lowest BCUT2D eigenvalue weighted by atomic mass is 9.85. The van der Waals surface area contributed by atoms with Gasteiger partial charge in [0.2, 0.25) is 0 Å². The van der Waals surface area contributed by atoms with Gasteiger partial charge in [-0.1, -0.05) is 6.07 Å². The van der Waals surface area contributed by atoms with Crippen molar-refractivity contribution >= 4 is 17.4 Å². The fraction of sp³-hybridized carbons (Fsp3) is 0.294. The zero-order chi connectivity index (χ0) is 18.4. The Bertz CT molecular complexity index is 992. The Hall–Kier alpha value is -3.10. The van der Waals surface area contributed by atoms with Crippen LogP contribution in [0.15, 0.2) is 36.7 Å². The second kappa shape index (κ2) is 6.01. The maximum Gasteiger partial charge on any atom is 0.309 e. The minimum Gasteiger partial charge on any atom is -0.481 e. The lowest BCUT2D eigenvalue weighted by Crippen LogP contribution is -2.34. The molecule has 0 bridgehead atoms. The number of fused-ring (bicyclic) bond motifs is 1. The highest BCUT2D eigenvalue weighted by Gasteiger charge is 2.45. The number of nitrogens with zero attached hydrogens (tertiary/aromatic N) is 5. The van der Waals surface area contributed by atoms with Crippen LogP contribution in [0.1, 0.15) is 18.4 Å². The van der Waals surface area contributed by atoms with Crippen LogP contribution in [0.25, 0.3) is 5.65 Å². The number of hydrogen-bond acceptors (Lipinski definition) is 5. The minimum atomic E-state index is -1.03. The van der Waals surface area contributed by atoms with Gasteiger partial charge in [0.15, 0.2) is 5.65 Å². The summed E-state index contributed by atoms with van der Waals surface area (Å²) in [5.41, 5.74) is 0.759. The van der Waals surface area contributed by atoms with Crippen LogP contribution in [-0.4, -0.2) is 43.5 Å². The van der Waals surface area contributed by atoms with Gasteiger partial charge in [0, 0.05) is 24.6 Å². The van der Waals surface area contributed by atoms with Gasteiger partial charge >= 0.3 is 5.97 Å². The molecule has 1 N–H and O–H groups in total. The van der Waals surface area contributed by atoms with Crippen LogP contribution in [0.5, 0.6) is 0 Å². The van der Waals surface area contributed by atoms with Crippen molar-refractivity contribution < 1.29 is 18.7 Å². The van der Waals surface area contributed by atoms with Crippen LogP contribution >= 0.6 is 0 Å². The summed E-state index contributed by atoms with van der Waals surface area (Å²) in [6.45, 7) is 2.01. The Labute approximate surface area is 146 Å². The second-order valence-electron chi connectivity index (χ2n) is 6.35. The molecule has 1 saturated heterocycles. The first kappa shape index (κ1) is 16.4. The summed E-state index contributed by atoms with van der Waals surface area (Å²) in [7, 11) is 0. The lowest BCUT2D eigenvalue weighted by Gasteiger charge is -2.23. The average Bonchev–Trinajstić information content (AvgIpc) is 3.18. The van der Waals surface area contributed by atoms with Gasteiger partial charge in [-0.2, -0.15) is 4.52 Å². The third-order valence-corrected chi connectivity index (χ3v) is 4.93. The molecule has 7 nitrogen and oxygen atoms in total. The van der Waals surface area contributed by atoms with Gasteiger partial charge in [0.25, 0.3) is 0 Å². The summed E-state index contributed by atoms with van der Waals surface area (Å²) in [4.78, 5) is 13.7. The van der Waals surface area contributed by atoms with Crippen molar-refractivity contribution in [2.24, 2.45) is 5.92 Å². The summed E-state index contributed by atoms with van der Waals surface area (Å²) in [6.07, 6.45) is 1.45. The van der Waals surface area contributed by atoms with Gasteiger partial charge in [-0.15, -0.1) is 15.3 Å². The summed E-state index contributed by atoms with van der Waals surface area (Å²) in [6, 6.07) is 6.27. The van der Waals surface area contributed by atoms with Crippen molar-refractivity contribution in [3.8, 4) is 0 Å². The molecule has 26 heavy (non-hydrogen) atoms. The maximum absolute atomic E-state index is 14.3. The van der Waals surface area contributed by atoms with Crippen molar-refractivity contribution in [1.82, 2.24) is 19.8 Å². The zero-order valence-corrected chi connectivity index (χ0v) is 13.8. The summed E-state index contributed by atoms with van der Waals surface area (Å²) in [5.74, 6) is -3.40. The molecular formula is C17H15F2N5O2. The Morgan fingerprint density at radius 3 is 2.81 bits per heavy atom. The van der Waals surface area contributed by atoms with Gasteiger partial charge < -0.3 is 10.0 Å². The summed E-state index contributed by atoms with van der Waals surface area (Å²) < 4.78 is 29.0. The number of hydrogen-bond donors (Lipinski definition) is 1. The monoisotopic (exact) mass is 359 g/mol. The lowest BCUT2D eigenvalue weighted by molar-refractivity contribution is -0.142. The van der Waals surface area contributed by atoms with Crippen LogP contribution in [0, 0.1) is 17.6 Å². The molecule has 1 aliphatic heterocycles. The molecule has 9 heteroatoms. The largest absolute Gasteiger partial charge is 0.481 e. The van der Waals surface area contributed by atoms with E-state index in [9.17, 15) is 18.7 Å². The predicted octanol–water partition coefficient (Wildman–Crippen LogP) is 2.10. The number of rotatable bonds is 3. The molecule has 1 aromatic carbocycles. The number of benzene rings is 1. The Kier molecular flexibility index (Phi) is 3.78. The molecule has 0 aliphatic carbocycles. The third-order valence-electron chi connectivity index (χ3n) is 4.93. The highest BCUT2D eigenvalue weighted by molar-refractivity contribution is 5.75. The van der Waals surface area contributed by atoms with E-state index in [0.29, 0.717) is 11.5 Å². The van der Waals surface area contributed by atoms with E-state index in [1.807, 2.05) is 4.90 Å². The van der Waals surface area contributed by atoms with Crippen LogP contribution in [0.2, 0.25) is 0 Å². The van der Waals surface area contributed by atoms with Gasteiger partial charge in [-0.3, -0.25) is 4.79 Å². The summed E-state index contributed by atoms with van der Waals surface area (Å²) in [5, 5.41) is 21.7. The topological polar surface area (TPSA) is 83.6 Å². The van der Waals surface area contributed by atoms with Gasteiger partial charge in [0.05, 0.1) is 5.92 Å². The highest BCUT2D eigenvalue weighted by Crippen LogP contribution is 2.40. The normalized spacial score (nSPS) is 22.9. The molecule has 1 unspecified atom stereocenters. The van der Waals surface area contributed by atoms with E-state index in [1.165, 1.54) is 16.9 Å². The van der Waals surface area contributed by atoms with E-state index in [4.69, 9.17) is 0 Å². The van der Waals surface area contributed by atoms with E-state index in [2.05, 4.69) is 15.3 Å². The first-order valence-corrected chi connectivity index (χ1v) is 8.07. The fourth-order valence-corrected chi connectivity index (χ4v) is 3.67. The molecule has 3 aromatic rings. The number of aromatic nitrogens is 4. The fourth-order valence-electron chi connectivity index (χ4n) is 3.67. The van der Waals surface area contributed by atoms with Crippen LogP contribution < -0.4 is 4.90 Å². The molecule has 134 valence electrons. The molecule has 0 radical (unpaired) electrons. The third kappa shape index (κ3) is 2.56. The van der Waals surface area contributed by atoms with E-state index in [0.717, 1.165) is 12.1 Å².